The Morgan fingerprint density at radius 1 is 1.08 bits per heavy atom. The second-order valence-electron chi connectivity index (χ2n) is 2.77. The van der Waals surface area contributed by atoms with E-state index >= 15 is 0 Å². The highest BCUT2D eigenvalue weighted by Crippen LogP contribution is 1.99. The van der Waals surface area contributed by atoms with Crippen molar-refractivity contribution in [3.8, 4) is 0 Å². The molecule has 0 aliphatic carbocycles. The zero-order valence-electron chi connectivity index (χ0n) is 7.71. The van der Waals surface area contributed by atoms with Gasteiger partial charge < -0.3 is 9.47 Å². The van der Waals surface area contributed by atoms with Gasteiger partial charge in [0.25, 0.3) is 0 Å². The van der Waals surface area contributed by atoms with Crippen molar-refractivity contribution >= 4 is 5.71 Å². The summed E-state index contributed by atoms with van der Waals surface area (Å²) in [6, 6.07) is 0. The monoisotopic (exact) mass is 171 g/mol. The van der Waals surface area contributed by atoms with Gasteiger partial charge in [0, 0.05) is 25.1 Å². The molecule has 1 fully saturated rings. The van der Waals surface area contributed by atoms with Crippen molar-refractivity contribution in [1.82, 2.24) is 0 Å². The highest BCUT2D eigenvalue weighted by molar-refractivity contribution is 5.84. The lowest BCUT2D eigenvalue weighted by Crippen LogP contribution is -2.05. The first kappa shape index (κ1) is 9.68. The third kappa shape index (κ3) is 3.83. The van der Waals surface area contributed by atoms with Gasteiger partial charge >= 0.3 is 0 Å². The Labute approximate surface area is 73.8 Å². The summed E-state index contributed by atoms with van der Waals surface area (Å²) >= 11 is 0. The topological polar surface area (TPSA) is 30.8 Å². The molecule has 0 bridgehead atoms. The van der Waals surface area contributed by atoms with Crippen molar-refractivity contribution in [2.24, 2.45) is 4.99 Å². The number of ether oxygens (including phenoxy) is 2. The molecule has 0 atom stereocenters. The first-order chi connectivity index (χ1) is 5.93. The minimum absolute atomic E-state index is 0.722. The van der Waals surface area contributed by atoms with Crippen LogP contribution in [-0.4, -0.2) is 38.7 Å². The fourth-order valence-electron chi connectivity index (χ4n) is 1.21. The van der Waals surface area contributed by atoms with E-state index in [2.05, 4.69) is 11.9 Å². The number of nitrogens with zero attached hydrogens (tertiary/aromatic N) is 1. The van der Waals surface area contributed by atoms with E-state index in [1.807, 2.05) is 0 Å². The number of aliphatic imine (C=N–C) groups is 1. The quantitative estimate of drug-likeness (QED) is 0.595. The van der Waals surface area contributed by atoms with Crippen LogP contribution in [0.25, 0.3) is 0 Å². The van der Waals surface area contributed by atoms with Crippen LogP contribution in [0.15, 0.2) is 4.99 Å². The van der Waals surface area contributed by atoms with E-state index in [1.54, 1.807) is 0 Å². The van der Waals surface area contributed by atoms with Gasteiger partial charge in [0.1, 0.15) is 0 Å². The SMILES string of the molecule is CCN=C1CCOCCOCC1. The van der Waals surface area contributed by atoms with Crippen molar-refractivity contribution in [3.05, 3.63) is 0 Å². The van der Waals surface area contributed by atoms with Crippen LogP contribution in [0.4, 0.5) is 0 Å². The molecule has 0 aromatic heterocycles. The molecular formula is C9H17NO2. The number of hydrogen-bond donors (Lipinski definition) is 0. The zero-order chi connectivity index (χ0) is 8.65. The molecule has 1 heterocycles. The van der Waals surface area contributed by atoms with Gasteiger partial charge in [-0.05, 0) is 6.92 Å². The molecule has 1 rings (SSSR count). The Hall–Kier alpha value is -0.410. The average Bonchev–Trinajstić information content (AvgIpc) is 2.19. The molecule has 12 heavy (non-hydrogen) atoms. The molecule has 0 aromatic rings. The predicted molar refractivity (Wildman–Crippen MR) is 48.8 cm³/mol. The number of hydrogen-bond acceptors (Lipinski definition) is 3. The van der Waals surface area contributed by atoms with Crippen LogP contribution in [0.5, 0.6) is 0 Å². The second kappa shape index (κ2) is 6.14. The lowest BCUT2D eigenvalue weighted by molar-refractivity contribution is 0.0584. The summed E-state index contributed by atoms with van der Waals surface area (Å²) in [4.78, 5) is 4.38. The van der Waals surface area contributed by atoms with Crippen molar-refractivity contribution in [3.63, 3.8) is 0 Å². The van der Waals surface area contributed by atoms with E-state index in [0.29, 0.717) is 0 Å². The Morgan fingerprint density at radius 3 is 2.17 bits per heavy atom. The largest absolute Gasteiger partial charge is 0.379 e. The summed E-state index contributed by atoms with van der Waals surface area (Å²) < 4.78 is 10.7. The Bertz CT molecular complexity index is 133. The highest BCUT2D eigenvalue weighted by Gasteiger charge is 2.02. The molecule has 0 saturated carbocycles. The molecule has 0 spiro atoms. The molecule has 0 N–H and O–H groups in total. The Morgan fingerprint density at radius 2 is 1.67 bits per heavy atom. The number of rotatable bonds is 1. The fourth-order valence-corrected chi connectivity index (χ4v) is 1.21. The van der Waals surface area contributed by atoms with Crippen molar-refractivity contribution in [2.75, 3.05) is 33.0 Å². The van der Waals surface area contributed by atoms with Crippen LogP contribution in [0.1, 0.15) is 19.8 Å². The highest BCUT2D eigenvalue weighted by atomic mass is 16.5. The van der Waals surface area contributed by atoms with Crippen LogP contribution in [0.2, 0.25) is 0 Å². The summed E-state index contributed by atoms with van der Waals surface area (Å²) in [7, 11) is 0. The molecule has 1 aliphatic heterocycles. The van der Waals surface area contributed by atoms with Crippen LogP contribution in [-0.2, 0) is 9.47 Å². The maximum absolute atomic E-state index is 5.33. The van der Waals surface area contributed by atoms with E-state index in [1.165, 1.54) is 5.71 Å². The standard InChI is InChI=1S/C9H17NO2/c1-2-10-9-3-5-11-7-8-12-6-4-9/h2-8H2,1H3. The second-order valence-corrected chi connectivity index (χ2v) is 2.77. The van der Waals surface area contributed by atoms with Crippen LogP contribution < -0.4 is 0 Å². The van der Waals surface area contributed by atoms with Crippen molar-refractivity contribution < 1.29 is 9.47 Å². The van der Waals surface area contributed by atoms with Gasteiger partial charge in [0.2, 0.25) is 0 Å². The van der Waals surface area contributed by atoms with Crippen LogP contribution in [0, 0.1) is 0 Å². The molecule has 1 aliphatic rings. The van der Waals surface area contributed by atoms with Crippen LogP contribution >= 0.6 is 0 Å². The third-order valence-corrected chi connectivity index (χ3v) is 1.82. The summed E-state index contributed by atoms with van der Waals surface area (Å²) in [6.45, 7) is 5.96. The minimum Gasteiger partial charge on any atom is -0.379 e. The van der Waals surface area contributed by atoms with Gasteiger partial charge in [-0.25, -0.2) is 0 Å². The van der Waals surface area contributed by atoms with E-state index in [9.17, 15) is 0 Å². The Kier molecular flexibility index (Phi) is 4.95. The minimum atomic E-state index is 0.722. The molecule has 3 heteroatoms. The van der Waals surface area contributed by atoms with Gasteiger partial charge in [-0.1, -0.05) is 0 Å². The van der Waals surface area contributed by atoms with Gasteiger partial charge in [-0.15, -0.1) is 0 Å². The average molecular weight is 171 g/mol. The predicted octanol–water partition coefficient (Wildman–Crippen LogP) is 1.27. The molecule has 0 amide bonds. The molecular weight excluding hydrogens is 154 g/mol. The molecule has 0 aromatic carbocycles. The summed E-state index contributed by atoms with van der Waals surface area (Å²) in [6.07, 6.45) is 1.94. The fraction of sp³-hybridized carbons (Fsp3) is 0.889. The van der Waals surface area contributed by atoms with Gasteiger partial charge in [0.15, 0.2) is 0 Å². The summed E-state index contributed by atoms with van der Waals surface area (Å²) in [5.41, 5.74) is 1.24. The first-order valence-electron chi connectivity index (χ1n) is 4.61. The van der Waals surface area contributed by atoms with Gasteiger partial charge in [0.05, 0.1) is 26.4 Å². The molecule has 0 radical (unpaired) electrons. The summed E-state index contributed by atoms with van der Waals surface area (Å²) in [5, 5.41) is 0. The molecule has 0 unspecified atom stereocenters. The van der Waals surface area contributed by atoms with Gasteiger partial charge in [-0.3, -0.25) is 4.99 Å². The Balaban J connectivity index is 2.33. The van der Waals surface area contributed by atoms with E-state index in [0.717, 1.165) is 45.8 Å². The molecule has 70 valence electrons. The molecule has 1 saturated heterocycles. The lowest BCUT2D eigenvalue weighted by Gasteiger charge is -2.02. The smallest absolute Gasteiger partial charge is 0.0700 e. The maximum atomic E-state index is 5.33. The normalized spacial score (nSPS) is 20.9. The van der Waals surface area contributed by atoms with E-state index < -0.39 is 0 Å². The van der Waals surface area contributed by atoms with Crippen molar-refractivity contribution in [2.45, 2.75) is 19.8 Å². The zero-order valence-corrected chi connectivity index (χ0v) is 7.71. The lowest BCUT2D eigenvalue weighted by atomic mass is 10.2. The van der Waals surface area contributed by atoms with E-state index in [-0.39, 0.29) is 0 Å². The maximum Gasteiger partial charge on any atom is 0.0700 e. The third-order valence-electron chi connectivity index (χ3n) is 1.82. The summed E-state index contributed by atoms with van der Waals surface area (Å²) in [5.74, 6) is 0. The van der Waals surface area contributed by atoms with Crippen molar-refractivity contribution in [1.29, 1.82) is 0 Å². The van der Waals surface area contributed by atoms with Gasteiger partial charge in [-0.2, -0.15) is 0 Å². The first-order valence-corrected chi connectivity index (χ1v) is 4.61. The molecule has 3 nitrogen and oxygen atoms in total. The van der Waals surface area contributed by atoms with E-state index in [4.69, 9.17) is 9.47 Å². The van der Waals surface area contributed by atoms with Crippen LogP contribution in [0.3, 0.4) is 0 Å².